The molecule has 0 radical (unpaired) electrons. The van der Waals surface area contributed by atoms with E-state index in [1.807, 2.05) is 18.2 Å². The lowest BCUT2D eigenvalue weighted by molar-refractivity contribution is 0.342. The molecule has 0 N–H and O–H groups in total. The van der Waals surface area contributed by atoms with Crippen molar-refractivity contribution in [2.24, 2.45) is 5.41 Å². The second kappa shape index (κ2) is 7.79. The molecule has 2 aromatic rings. The van der Waals surface area contributed by atoms with Gasteiger partial charge >= 0.3 is 0 Å². The van der Waals surface area contributed by atoms with E-state index in [-0.39, 0.29) is 12.8 Å². The lowest BCUT2D eigenvalue weighted by Crippen LogP contribution is -2.44. The van der Waals surface area contributed by atoms with E-state index in [1.165, 1.54) is 0 Å². The summed E-state index contributed by atoms with van der Waals surface area (Å²) in [4.78, 5) is 0. The highest BCUT2D eigenvalue weighted by molar-refractivity contribution is 5.54. The van der Waals surface area contributed by atoms with Crippen molar-refractivity contribution in [2.45, 2.75) is 24.7 Å². The van der Waals surface area contributed by atoms with Crippen LogP contribution in [0.2, 0.25) is 0 Å². The number of nitrogens with zero attached hydrogens (tertiary/aromatic N) is 4. The number of unbranched alkanes of at least 4 members (excludes halogenated alkanes) is 1. The molecule has 0 spiro atoms. The second-order valence-electron chi connectivity index (χ2n) is 5.73. The van der Waals surface area contributed by atoms with Crippen LogP contribution in [0.25, 0.3) is 0 Å². The van der Waals surface area contributed by atoms with Crippen molar-refractivity contribution in [3.05, 3.63) is 71.8 Å². The Balaban J connectivity index is 2.79. The van der Waals surface area contributed by atoms with Gasteiger partial charge in [0.2, 0.25) is 0 Å². The summed E-state index contributed by atoms with van der Waals surface area (Å²) >= 11 is 0. The fraction of sp³-hybridized carbons (Fsp3) is 0.238. The third-order valence-corrected chi connectivity index (χ3v) is 4.44. The molecule has 0 saturated carbocycles. The van der Waals surface area contributed by atoms with E-state index in [9.17, 15) is 15.8 Å². The molecule has 0 aliphatic rings. The summed E-state index contributed by atoms with van der Waals surface area (Å²) in [5.74, 6) is 0. The number of nitriles is 4. The first kappa shape index (κ1) is 17.7. The summed E-state index contributed by atoms with van der Waals surface area (Å²) in [5.41, 5.74) is -1.83. The third kappa shape index (κ3) is 2.95. The Kier molecular flexibility index (Phi) is 5.53. The van der Waals surface area contributed by atoms with E-state index in [2.05, 4.69) is 18.2 Å². The predicted octanol–water partition coefficient (Wildman–Crippen LogP) is 4.22. The van der Waals surface area contributed by atoms with E-state index in [1.54, 1.807) is 48.5 Å². The van der Waals surface area contributed by atoms with Crippen LogP contribution in [0, 0.1) is 50.7 Å². The maximum Gasteiger partial charge on any atom is 0.170 e. The first-order valence-electron chi connectivity index (χ1n) is 7.92. The van der Waals surface area contributed by atoms with Gasteiger partial charge < -0.3 is 0 Å². The molecule has 4 nitrogen and oxygen atoms in total. The first-order valence-corrected chi connectivity index (χ1v) is 7.92. The van der Waals surface area contributed by atoms with Crippen LogP contribution in [-0.4, -0.2) is 0 Å². The quantitative estimate of drug-likeness (QED) is 0.743. The van der Waals surface area contributed by atoms with Crippen LogP contribution < -0.4 is 0 Å². The molecule has 0 aliphatic carbocycles. The van der Waals surface area contributed by atoms with Crippen LogP contribution in [-0.2, 0) is 5.41 Å². The zero-order valence-corrected chi connectivity index (χ0v) is 13.7. The van der Waals surface area contributed by atoms with E-state index in [0.29, 0.717) is 17.5 Å². The second-order valence-corrected chi connectivity index (χ2v) is 5.73. The molecular weight excluding hydrogens is 308 g/mol. The molecule has 120 valence electrons. The molecule has 0 atom stereocenters. The van der Waals surface area contributed by atoms with Gasteiger partial charge in [0.15, 0.2) is 5.41 Å². The van der Waals surface area contributed by atoms with E-state index in [4.69, 9.17) is 5.26 Å². The molecule has 4 heteroatoms. The normalized spacial score (nSPS) is 10.7. The van der Waals surface area contributed by atoms with E-state index >= 15 is 0 Å². The van der Waals surface area contributed by atoms with E-state index < -0.39 is 10.8 Å². The third-order valence-electron chi connectivity index (χ3n) is 4.44. The minimum absolute atomic E-state index is 0.144. The Bertz CT molecular complexity index is 820. The molecule has 0 saturated heterocycles. The summed E-state index contributed by atoms with van der Waals surface area (Å²) in [6.45, 7) is 0. The molecule has 2 rings (SSSR count). The topological polar surface area (TPSA) is 95.2 Å². The van der Waals surface area contributed by atoms with Crippen LogP contribution >= 0.6 is 0 Å². The highest BCUT2D eigenvalue weighted by atomic mass is 14.6. The lowest BCUT2D eigenvalue weighted by atomic mass is 9.57. The molecule has 2 aromatic carbocycles. The van der Waals surface area contributed by atoms with E-state index in [0.717, 1.165) is 0 Å². The fourth-order valence-corrected chi connectivity index (χ4v) is 3.18. The number of hydrogen-bond donors (Lipinski definition) is 0. The van der Waals surface area contributed by atoms with Gasteiger partial charge in [-0.3, -0.25) is 0 Å². The molecule has 0 fully saturated rings. The molecule has 0 unspecified atom stereocenters. The van der Waals surface area contributed by atoms with Crippen molar-refractivity contribution in [1.82, 2.24) is 0 Å². The largest absolute Gasteiger partial charge is 0.198 e. The Morgan fingerprint density at radius 1 is 0.680 bits per heavy atom. The molecule has 0 amide bonds. The summed E-state index contributed by atoms with van der Waals surface area (Å²) in [6, 6.07) is 26.5. The summed E-state index contributed by atoms with van der Waals surface area (Å²) in [7, 11) is 0. The van der Waals surface area contributed by atoms with Crippen molar-refractivity contribution in [3.63, 3.8) is 0 Å². The lowest BCUT2D eigenvalue weighted by Gasteiger charge is -2.38. The maximum absolute atomic E-state index is 10.2. The van der Waals surface area contributed by atoms with Gasteiger partial charge in [0.05, 0.1) is 24.3 Å². The summed E-state index contributed by atoms with van der Waals surface area (Å²) < 4.78 is 0. The SMILES string of the molecule is N#CCCCC(C#N)(C#N)C(C#N)(c1ccccc1)c1ccccc1. The monoisotopic (exact) mass is 324 g/mol. The van der Waals surface area contributed by atoms with Gasteiger partial charge in [0.1, 0.15) is 5.41 Å². The molecule has 0 bridgehead atoms. The molecule has 0 aliphatic heterocycles. The smallest absolute Gasteiger partial charge is 0.170 e. The number of hydrogen-bond acceptors (Lipinski definition) is 4. The predicted molar refractivity (Wildman–Crippen MR) is 92.4 cm³/mol. The van der Waals surface area contributed by atoms with Crippen molar-refractivity contribution < 1.29 is 0 Å². The van der Waals surface area contributed by atoms with Gasteiger partial charge in [-0.1, -0.05) is 60.7 Å². The van der Waals surface area contributed by atoms with Crippen molar-refractivity contribution in [2.75, 3.05) is 0 Å². The Hall–Kier alpha value is -3.60. The zero-order chi connectivity index (χ0) is 18.2. The van der Waals surface area contributed by atoms with Crippen LogP contribution in [0.4, 0.5) is 0 Å². The Morgan fingerprint density at radius 3 is 1.52 bits per heavy atom. The van der Waals surface area contributed by atoms with Crippen molar-refractivity contribution in [3.8, 4) is 24.3 Å². The molecular formula is C21H16N4. The van der Waals surface area contributed by atoms with Crippen LogP contribution in [0.3, 0.4) is 0 Å². The van der Waals surface area contributed by atoms with Crippen molar-refractivity contribution in [1.29, 1.82) is 21.0 Å². The summed E-state index contributed by atoms with van der Waals surface area (Å²) in [5, 5.41) is 39.0. The highest BCUT2D eigenvalue weighted by Crippen LogP contribution is 2.49. The van der Waals surface area contributed by atoms with Gasteiger partial charge in [-0.15, -0.1) is 0 Å². The average molecular weight is 324 g/mol. The standard InChI is InChI=1S/C21H16N4/c22-14-8-7-13-20(15-23,16-24)21(17-25,18-9-3-1-4-10-18)19-11-5-2-6-12-19/h1-6,9-12H,7-8,13H2. The minimum atomic E-state index is -1.60. The first-order chi connectivity index (χ1) is 12.2. The number of rotatable bonds is 6. The van der Waals surface area contributed by atoms with Gasteiger partial charge in [-0.25, -0.2) is 0 Å². The van der Waals surface area contributed by atoms with Gasteiger partial charge in [0.25, 0.3) is 0 Å². The summed E-state index contributed by atoms with van der Waals surface area (Å²) in [6.07, 6.45) is 0.752. The Labute approximate surface area is 147 Å². The van der Waals surface area contributed by atoms with Crippen molar-refractivity contribution >= 4 is 0 Å². The van der Waals surface area contributed by atoms with Gasteiger partial charge in [-0.2, -0.15) is 21.0 Å². The van der Waals surface area contributed by atoms with Gasteiger partial charge in [-0.05, 0) is 24.0 Å². The molecule has 25 heavy (non-hydrogen) atoms. The zero-order valence-electron chi connectivity index (χ0n) is 13.7. The maximum atomic E-state index is 10.2. The van der Waals surface area contributed by atoms with Crippen LogP contribution in [0.1, 0.15) is 30.4 Å². The Morgan fingerprint density at radius 2 is 1.16 bits per heavy atom. The fourth-order valence-electron chi connectivity index (χ4n) is 3.18. The van der Waals surface area contributed by atoms with Gasteiger partial charge in [0, 0.05) is 6.42 Å². The van der Waals surface area contributed by atoms with Crippen LogP contribution in [0.5, 0.6) is 0 Å². The average Bonchev–Trinajstić information content (AvgIpc) is 2.69. The minimum Gasteiger partial charge on any atom is -0.198 e. The molecule has 0 heterocycles. The highest BCUT2D eigenvalue weighted by Gasteiger charge is 2.55. The van der Waals surface area contributed by atoms with Crippen LogP contribution in [0.15, 0.2) is 60.7 Å². The number of benzene rings is 2. The molecule has 0 aromatic heterocycles.